The molecular formula is C36H47N5O7. The number of likely N-dealkylation sites (tertiary alicyclic amines) is 2. The van der Waals surface area contributed by atoms with E-state index < -0.39 is 12.2 Å². The molecule has 7 rings (SSSR count). The first-order valence-corrected chi connectivity index (χ1v) is 17.5. The van der Waals surface area contributed by atoms with Gasteiger partial charge in [0, 0.05) is 70.0 Å². The minimum Gasteiger partial charge on any atom is -0.486 e. The molecule has 1 N–H and O–H groups in total. The number of fused-ring (bicyclic) bond motifs is 2. The molecule has 0 bridgehead atoms. The number of amides is 4. The van der Waals surface area contributed by atoms with Crippen LogP contribution in [0.25, 0.3) is 0 Å². The lowest BCUT2D eigenvalue weighted by atomic mass is 9.99. The number of anilines is 1. The zero-order chi connectivity index (χ0) is 33.0. The fourth-order valence-corrected chi connectivity index (χ4v) is 7.80. The van der Waals surface area contributed by atoms with Gasteiger partial charge in [0.1, 0.15) is 13.2 Å². The molecule has 3 fully saturated rings. The van der Waals surface area contributed by atoms with Gasteiger partial charge in [-0.05, 0) is 67.9 Å². The van der Waals surface area contributed by atoms with Crippen LogP contribution >= 0.6 is 0 Å². The van der Waals surface area contributed by atoms with E-state index in [0.29, 0.717) is 70.6 Å². The second kappa shape index (κ2) is 14.6. The van der Waals surface area contributed by atoms with Crippen molar-refractivity contribution >= 4 is 23.7 Å². The normalized spacial score (nSPS) is 21.6. The van der Waals surface area contributed by atoms with Crippen molar-refractivity contribution in [1.82, 2.24) is 19.6 Å². The Hall–Kier alpha value is -4.03. The molecule has 0 aliphatic carbocycles. The van der Waals surface area contributed by atoms with Crippen molar-refractivity contribution in [3.8, 4) is 11.5 Å². The Kier molecular flexibility index (Phi) is 9.90. The highest BCUT2D eigenvalue weighted by Crippen LogP contribution is 2.35. The Labute approximate surface area is 282 Å². The molecule has 5 aliphatic rings. The SMILES string of the molecule is Cc1cc(CC(OC(=O)N2CCC(N3CCc4ccccc4NC3=O)CC2)C(=O)N2CCC(N3CCOCC3)CC2)cc2c1OCCO2. The highest BCUT2D eigenvalue weighted by Gasteiger charge is 2.36. The maximum absolute atomic E-state index is 14.1. The first-order valence-electron chi connectivity index (χ1n) is 17.5. The van der Waals surface area contributed by atoms with Crippen LogP contribution < -0.4 is 14.8 Å². The van der Waals surface area contributed by atoms with E-state index in [4.69, 9.17) is 18.9 Å². The second-order valence-corrected chi connectivity index (χ2v) is 13.5. The van der Waals surface area contributed by atoms with E-state index in [1.807, 2.05) is 53.1 Å². The zero-order valence-electron chi connectivity index (χ0n) is 27.9. The van der Waals surface area contributed by atoms with Gasteiger partial charge in [-0.1, -0.05) is 24.3 Å². The number of aryl methyl sites for hydroxylation is 1. The number of ether oxygens (including phenoxy) is 4. The van der Waals surface area contributed by atoms with Crippen LogP contribution in [0.1, 0.15) is 42.4 Å². The number of para-hydroxylation sites is 1. The summed E-state index contributed by atoms with van der Waals surface area (Å²) in [5, 5.41) is 3.06. The third-order valence-corrected chi connectivity index (χ3v) is 10.5. The van der Waals surface area contributed by atoms with E-state index >= 15 is 0 Å². The molecule has 12 nitrogen and oxygen atoms in total. The lowest BCUT2D eigenvalue weighted by Crippen LogP contribution is -2.53. The fourth-order valence-electron chi connectivity index (χ4n) is 7.80. The first-order chi connectivity index (χ1) is 23.4. The van der Waals surface area contributed by atoms with Crippen LogP contribution in [0.3, 0.4) is 0 Å². The fraction of sp³-hybridized carbons (Fsp3) is 0.583. The van der Waals surface area contributed by atoms with Crippen molar-refractivity contribution in [3.05, 3.63) is 53.1 Å². The molecular weight excluding hydrogens is 614 g/mol. The summed E-state index contributed by atoms with van der Waals surface area (Å²) in [6.45, 7) is 9.08. The number of hydrogen-bond acceptors (Lipinski definition) is 8. The number of nitrogens with zero attached hydrogens (tertiary/aromatic N) is 4. The minimum absolute atomic E-state index is 0.0224. The second-order valence-electron chi connectivity index (χ2n) is 13.5. The number of morpholine rings is 1. The standard InChI is InChI=1S/C36H47N5O7/c1-25-22-26(23-31-33(25)47-21-20-46-31)24-32(34(42)39-11-7-28(8-12-39)38-16-18-45-19-17-38)48-36(44)40-13-9-29(10-14-40)41-15-6-27-4-2-3-5-30(27)37-35(41)43/h2-5,22-23,28-29,32H,6-21,24H2,1H3,(H,37,43). The smallest absolute Gasteiger partial charge is 0.410 e. The van der Waals surface area contributed by atoms with Crippen LogP contribution in [-0.2, 0) is 27.1 Å². The zero-order valence-corrected chi connectivity index (χ0v) is 27.9. The van der Waals surface area contributed by atoms with Crippen molar-refractivity contribution in [2.75, 3.05) is 77.6 Å². The maximum Gasteiger partial charge on any atom is 0.410 e. The van der Waals surface area contributed by atoms with Gasteiger partial charge in [0.15, 0.2) is 17.6 Å². The number of carbonyl (C=O) groups is 3. The predicted molar refractivity (Wildman–Crippen MR) is 179 cm³/mol. The van der Waals surface area contributed by atoms with Gasteiger partial charge >= 0.3 is 12.1 Å². The Morgan fingerprint density at radius 1 is 0.875 bits per heavy atom. The molecule has 0 saturated carbocycles. The molecule has 0 aromatic heterocycles. The molecule has 0 radical (unpaired) electrons. The van der Waals surface area contributed by atoms with Crippen molar-refractivity contribution in [1.29, 1.82) is 0 Å². The number of nitrogens with one attached hydrogen (secondary N) is 1. The molecule has 1 atom stereocenters. The Morgan fingerprint density at radius 2 is 1.58 bits per heavy atom. The van der Waals surface area contributed by atoms with Crippen LogP contribution in [-0.4, -0.2) is 128 Å². The highest BCUT2D eigenvalue weighted by molar-refractivity contribution is 5.91. The van der Waals surface area contributed by atoms with Crippen molar-refractivity contribution in [3.63, 3.8) is 0 Å². The number of rotatable bonds is 6. The molecule has 5 aliphatic heterocycles. The molecule has 3 saturated heterocycles. The van der Waals surface area contributed by atoms with Gasteiger partial charge in [0.05, 0.1) is 13.2 Å². The van der Waals surface area contributed by atoms with Gasteiger partial charge in [-0.25, -0.2) is 9.59 Å². The average molecular weight is 662 g/mol. The van der Waals surface area contributed by atoms with Crippen molar-refractivity contribution < 1.29 is 33.3 Å². The average Bonchev–Trinajstić information content (AvgIpc) is 3.29. The van der Waals surface area contributed by atoms with Crippen LogP contribution in [0, 0.1) is 6.92 Å². The highest BCUT2D eigenvalue weighted by atomic mass is 16.6. The van der Waals surface area contributed by atoms with Crippen LogP contribution in [0.4, 0.5) is 15.3 Å². The summed E-state index contributed by atoms with van der Waals surface area (Å²) in [4.78, 5) is 48.8. The van der Waals surface area contributed by atoms with E-state index in [0.717, 1.165) is 73.7 Å². The summed E-state index contributed by atoms with van der Waals surface area (Å²) < 4.78 is 23.3. The van der Waals surface area contributed by atoms with Crippen LogP contribution in [0.2, 0.25) is 0 Å². The summed E-state index contributed by atoms with van der Waals surface area (Å²) in [6, 6.07) is 12.2. The Morgan fingerprint density at radius 3 is 2.38 bits per heavy atom. The number of urea groups is 1. The number of piperidine rings is 2. The topological polar surface area (TPSA) is 113 Å². The van der Waals surface area contributed by atoms with E-state index in [1.54, 1.807) is 4.90 Å². The maximum atomic E-state index is 14.1. The van der Waals surface area contributed by atoms with Gasteiger partial charge in [0.2, 0.25) is 0 Å². The monoisotopic (exact) mass is 661 g/mol. The molecule has 2 aromatic carbocycles. The lowest BCUT2D eigenvalue weighted by molar-refractivity contribution is -0.142. The summed E-state index contributed by atoms with van der Waals surface area (Å²) in [7, 11) is 0. The Bertz CT molecular complexity index is 1480. The molecule has 258 valence electrons. The van der Waals surface area contributed by atoms with Gasteiger partial charge in [-0.15, -0.1) is 0 Å². The van der Waals surface area contributed by atoms with Gasteiger partial charge in [0.25, 0.3) is 5.91 Å². The summed E-state index contributed by atoms with van der Waals surface area (Å²) in [6.07, 6.45) is 2.64. The molecule has 1 unspecified atom stereocenters. The molecule has 5 heterocycles. The summed E-state index contributed by atoms with van der Waals surface area (Å²) in [5.41, 5.74) is 3.77. The van der Waals surface area contributed by atoms with E-state index in [2.05, 4.69) is 10.2 Å². The molecule has 0 spiro atoms. The van der Waals surface area contributed by atoms with Crippen LogP contribution in [0.15, 0.2) is 36.4 Å². The largest absolute Gasteiger partial charge is 0.486 e. The number of hydrogen-bond donors (Lipinski definition) is 1. The Balaban J connectivity index is 1.00. The molecule has 12 heteroatoms. The van der Waals surface area contributed by atoms with Gasteiger partial charge in [-0.2, -0.15) is 0 Å². The van der Waals surface area contributed by atoms with Crippen LogP contribution in [0.5, 0.6) is 11.5 Å². The van der Waals surface area contributed by atoms with E-state index in [9.17, 15) is 14.4 Å². The number of benzene rings is 2. The van der Waals surface area contributed by atoms with Gasteiger partial charge in [-0.3, -0.25) is 9.69 Å². The summed E-state index contributed by atoms with van der Waals surface area (Å²) in [5.74, 6) is 1.22. The predicted octanol–water partition coefficient (Wildman–Crippen LogP) is 3.69. The third kappa shape index (κ3) is 7.19. The van der Waals surface area contributed by atoms with Crippen molar-refractivity contribution in [2.24, 2.45) is 0 Å². The molecule has 4 amide bonds. The van der Waals surface area contributed by atoms with E-state index in [1.165, 1.54) is 0 Å². The van der Waals surface area contributed by atoms with Crippen molar-refractivity contribution in [2.45, 2.75) is 63.6 Å². The lowest BCUT2D eigenvalue weighted by Gasteiger charge is -2.41. The number of carbonyl (C=O) groups excluding carboxylic acids is 3. The van der Waals surface area contributed by atoms with E-state index in [-0.39, 0.29) is 24.4 Å². The minimum atomic E-state index is -0.966. The molecule has 48 heavy (non-hydrogen) atoms. The molecule has 2 aromatic rings. The quantitative estimate of drug-likeness (QED) is 0.499. The third-order valence-electron chi connectivity index (χ3n) is 10.5. The first kappa shape index (κ1) is 32.5. The summed E-state index contributed by atoms with van der Waals surface area (Å²) >= 11 is 0. The van der Waals surface area contributed by atoms with Gasteiger partial charge < -0.3 is 39.0 Å².